The first-order valence-corrected chi connectivity index (χ1v) is 4.42. The molecule has 3 heteroatoms. The smallest absolute Gasteiger partial charge is 0.162 e. The molecule has 0 aliphatic carbocycles. The van der Waals surface area contributed by atoms with Gasteiger partial charge in [0.25, 0.3) is 0 Å². The minimum atomic E-state index is 0.0674. The van der Waals surface area contributed by atoms with Gasteiger partial charge >= 0.3 is 0 Å². The molecule has 0 amide bonds. The van der Waals surface area contributed by atoms with Crippen LogP contribution in [0.1, 0.15) is 19.4 Å². The molecule has 0 spiro atoms. The monoisotopic (exact) mass is 191 g/mol. The van der Waals surface area contributed by atoms with Gasteiger partial charge in [-0.15, -0.1) is 0 Å². The van der Waals surface area contributed by atoms with Crippen molar-refractivity contribution in [3.8, 4) is 17.6 Å². The Hall–Kier alpha value is -1.69. The summed E-state index contributed by atoms with van der Waals surface area (Å²) >= 11 is 0. The second-order valence-electron chi connectivity index (χ2n) is 3.14. The van der Waals surface area contributed by atoms with Gasteiger partial charge in [-0.2, -0.15) is 5.26 Å². The van der Waals surface area contributed by atoms with Gasteiger partial charge in [-0.05, 0) is 26.0 Å². The summed E-state index contributed by atoms with van der Waals surface area (Å²) in [7, 11) is 1.58. The normalized spacial score (nSPS) is 9.64. The quantitative estimate of drug-likeness (QED) is 0.736. The summed E-state index contributed by atoms with van der Waals surface area (Å²) in [5, 5.41) is 8.71. The number of benzene rings is 1. The molecule has 0 heterocycles. The standard InChI is InChI=1S/C11H13NO2/c1-8(2)14-11-6-9(7-12)4-5-10(11)13-3/h4-6,8H,1-3H3. The lowest BCUT2D eigenvalue weighted by Crippen LogP contribution is -2.06. The molecule has 3 nitrogen and oxygen atoms in total. The first-order valence-electron chi connectivity index (χ1n) is 4.42. The van der Waals surface area contributed by atoms with Crippen LogP contribution in [0.25, 0.3) is 0 Å². The molecule has 0 aliphatic rings. The Balaban J connectivity index is 3.03. The minimum Gasteiger partial charge on any atom is -0.493 e. The van der Waals surface area contributed by atoms with Crippen LogP contribution in [0.4, 0.5) is 0 Å². The molecule has 1 aromatic rings. The van der Waals surface area contributed by atoms with E-state index in [1.807, 2.05) is 13.8 Å². The second-order valence-corrected chi connectivity index (χ2v) is 3.14. The van der Waals surface area contributed by atoms with Crippen molar-refractivity contribution < 1.29 is 9.47 Å². The highest BCUT2D eigenvalue weighted by Gasteiger charge is 2.06. The number of methoxy groups -OCH3 is 1. The van der Waals surface area contributed by atoms with Gasteiger partial charge in [0, 0.05) is 6.07 Å². The van der Waals surface area contributed by atoms with Gasteiger partial charge < -0.3 is 9.47 Å². The highest BCUT2D eigenvalue weighted by atomic mass is 16.5. The number of hydrogen-bond acceptors (Lipinski definition) is 3. The van der Waals surface area contributed by atoms with E-state index in [-0.39, 0.29) is 6.10 Å². The Kier molecular flexibility index (Phi) is 3.35. The number of nitriles is 1. The third-order valence-electron chi connectivity index (χ3n) is 1.66. The highest BCUT2D eigenvalue weighted by molar-refractivity contribution is 5.46. The lowest BCUT2D eigenvalue weighted by atomic mass is 10.2. The average molecular weight is 191 g/mol. The van der Waals surface area contributed by atoms with Crippen molar-refractivity contribution in [2.75, 3.05) is 7.11 Å². The maximum atomic E-state index is 8.71. The van der Waals surface area contributed by atoms with Crippen LogP contribution in [0.15, 0.2) is 18.2 Å². The zero-order valence-electron chi connectivity index (χ0n) is 8.57. The highest BCUT2D eigenvalue weighted by Crippen LogP contribution is 2.28. The SMILES string of the molecule is COc1ccc(C#N)cc1OC(C)C. The largest absolute Gasteiger partial charge is 0.493 e. The number of rotatable bonds is 3. The lowest BCUT2D eigenvalue weighted by Gasteiger charge is -2.13. The Labute approximate surface area is 83.9 Å². The molecule has 0 fully saturated rings. The summed E-state index contributed by atoms with van der Waals surface area (Å²) < 4.78 is 10.6. The van der Waals surface area contributed by atoms with Crippen LogP contribution in [0.3, 0.4) is 0 Å². The molecule has 0 radical (unpaired) electrons. The van der Waals surface area contributed by atoms with Crippen molar-refractivity contribution in [1.82, 2.24) is 0 Å². The lowest BCUT2D eigenvalue weighted by molar-refractivity contribution is 0.230. The predicted octanol–water partition coefficient (Wildman–Crippen LogP) is 2.35. The van der Waals surface area contributed by atoms with Crippen molar-refractivity contribution in [1.29, 1.82) is 5.26 Å². The second kappa shape index (κ2) is 4.52. The average Bonchev–Trinajstić information content (AvgIpc) is 2.16. The molecule has 0 unspecified atom stereocenters. The molecule has 0 aromatic heterocycles. The molecule has 0 saturated carbocycles. The number of nitrogens with zero attached hydrogens (tertiary/aromatic N) is 1. The molecule has 74 valence electrons. The molecule has 0 aliphatic heterocycles. The molecule has 14 heavy (non-hydrogen) atoms. The maximum Gasteiger partial charge on any atom is 0.162 e. The minimum absolute atomic E-state index is 0.0674. The van der Waals surface area contributed by atoms with Crippen molar-refractivity contribution in [3.63, 3.8) is 0 Å². The Bertz CT molecular complexity index is 353. The van der Waals surface area contributed by atoms with Crippen molar-refractivity contribution in [2.24, 2.45) is 0 Å². The van der Waals surface area contributed by atoms with Crippen molar-refractivity contribution in [2.45, 2.75) is 20.0 Å². The van der Waals surface area contributed by atoms with Gasteiger partial charge in [0.1, 0.15) is 0 Å². The summed E-state index contributed by atoms with van der Waals surface area (Å²) in [4.78, 5) is 0. The zero-order valence-corrected chi connectivity index (χ0v) is 8.57. The fourth-order valence-corrected chi connectivity index (χ4v) is 1.09. The van der Waals surface area contributed by atoms with E-state index >= 15 is 0 Å². The summed E-state index contributed by atoms with van der Waals surface area (Å²) in [5.74, 6) is 1.26. The van der Waals surface area contributed by atoms with Gasteiger partial charge in [0.2, 0.25) is 0 Å². The van der Waals surface area contributed by atoms with E-state index < -0.39 is 0 Å². The Morgan fingerprint density at radius 1 is 1.29 bits per heavy atom. The van der Waals surface area contributed by atoms with Crippen molar-refractivity contribution >= 4 is 0 Å². The van der Waals surface area contributed by atoms with E-state index in [1.54, 1.807) is 25.3 Å². The predicted molar refractivity (Wildman–Crippen MR) is 53.5 cm³/mol. The van der Waals surface area contributed by atoms with E-state index in [9.17, 15) is 0 Å². The van der Waals surface area contributed by atoms with E-state index in [0.29, 0.717) is 17.1 Å². The van der Waals surface area contributed by atoms with Gasteiger partial charge in [0.15, 0.2) is 11.5 Å². The topological polar surface area (TPSA) is 42.2 Å². The Morgan fingerprint density at radius 2 is 2.00 bits per heavy atom. The molecular weight excluding hydrogens is 178 g/mol. The summed E-state index contributed by atoms with van der Waals surface area (Å²) in [6.45, 7) is 3.86. The van der Waals surface area contributed by atoms with Crippen molar-refractivity contribution in [3.05, 3.63) is 23.8 Å². The van der Waals surface area contributed by atoms with Crippen LogP contribution in [-0.4, -0.2) is 13.2 Å². The first kappa shape index (κ1) is 10.4. The van der Waals surface area contributed by atoms with E-state index in [1.165, 1.54) is 0 Å². The molecule has 0 N–H and O–H groups in total. The fourth-order valence-electron chi connectivity index (χ4n) is 1.09. The third-order valence-corrected chi connectivity index (χ3v) is 1.66. The molecule has 0 atom stereocenters. The third kappa shape index (κ3) is 2.40. The molecule has 0 saturated heterocycles. The number of hydrogen-bond donors (Lipinski definition) is 0. The van der Waals surface area contributed by atoms with Gasteiger partial charge in [-0.3, -0.25) is 0 Å². The molecule has 1 aromatic carbocycles. The van der Waals surface area contributed by atoms with Crippen LogP contribution >= 0.6 is 0 Å². The van der Waals surface area contributed by atoms with Gasteiger partial charge in [-0.25, -0.2) is 0 Å². The van der Waals surface area contributed by atoms with E-state index in [2.05, 4.69) is 6.07 Å². The summed E-state index contributed by atoms with van der Waals surface area (Å²) in [6, 6.07) is 7.17. The number of ether oxygens (including phenoxy) is 2. The van der Waals surface area contributed by atoms with E-state index in [0.717, 1.165) is 0 Å². The van der Waals surface area contributed by atoms with Crippen LogP contribution in [-0.2, 0) is 0 Å². The maximum absolute atomic E-state index is 8.71. The molecule has 1 rings (SSSR count). The first-order chi connectivity index (χ1) is 6.67. The van der Waals surface area contributed by atoms with Crippen LogP contribution in [0, 0.1) is 11.3 Å². The fraction of sp³-hybridized carbons (Fsp3) is 0.364. The Morgan fingerprint density at radius 3 is 2.50 bits per heavy atom. The summed E-state index contributed by atoms with van der Waals surface area (Å²) in [6.07, 6.45) is 0.0674. The van der Waals surface area contributed by atoms with Gasteiger partial charge in [0.05, 0.1) is 24.8 Å². The zero-order chi connectivity index (χ0) is 10.6. The van der Waals surface area contributed by atoms with Crippen LogP contribution in [0.5, 0.6) is 11.5 Å². The van der Waals surface area contributed by atoms with E-state index in [4.69, 9.17) is 14.7 Å². The summed E-state index contributed by atoms with van der Waals surface area (Å²) in [5.41, 5.74) is 0.571. The van der Waals surface area contributed by atoms with Crippen LogP contribution < -0.4 is 9.47 Å². The molecular formula is C11H13NO2. The van der Waals surface area contributed by atoms with Crippen LogP contribution in [0.2, 0.25) is 0 Å². The molecule has 0 bridgehead atoms. The van der Waals surface area contributed by atoms with Gasteiger partial charge in [-0.1, -0.05) is 0 Å².